The predicted molar refractivity (Wildman–Crippen MR) is 126 cm³/mol. The monoisotopic (exact) mass is 446 g/mol. The number of carbonyl (C=O) groups excluding carboxylic acids is 2. The predicted octanol–water partition coefficient (Wildman–Crippen LogP) is 4.37. The van der Waals surface area contributed by atoms with Crippen molar-refractivity contribution in [1.82, 2.24) is 5.43 Å². The van der Waals surface area contributed by atoms with Gasteiger partial charge in [-0.25, -0.2) is 10.2 Å². The molecule has 3 aromatic carbocycles. The average molecular weight is 447 g/mol. The van der Waals surface area contributed by atoms with Crippen LogP contribution in [0.5, 0.6) is 17.2 Å². The third kappa shape index (κ3) is 6.20. The smallest absolute Gasteiger partial charge is 0.343 e. The number of nitrogens with zero attached hydrogens (tertiary/aromatic N) is 1. The SMILES string of the molecule is COc1cc(/C=N/NC(=O)COc2c(C)ccc(C)c2C)ccc1OC(=O)c1ccccc1. The van der Waals surface area contributed by atoms with Crippen molar-refractivity contribution in [2.24, 2.45) is 5.10 Å². The normalized spacial score (nSPS) is 10.7. The second-order valence-corrected chi connectivity index (χ2v) is 7.40. The van der Waals surface area contributed by atoms with Gasteiger partial charge in [0.15, 0.2) is 18.1 Å². The lowest BCUT2D eigenvalue weighted by Gasteiger charge is -2.13. The highest BCUT2D eigenvalue weighted by molar-refractivity contribution is 5.91. The molecule has 7 heteroatoms. The largest absolute Gasteiger partial charge is 0.493 e. The molecule has 0 heterocycles. The molecule has 0 spiro atoms. The Morgan fingerprint density at radius 2 is 1.67 bits per heavy atom. The van der Waals surface area contributed by atoms with E-state index in [4.69, 9.17) is 14.2 Å². The van der Waals surface area contributed by atoms with Crippen LogP contribution in [0.3, 0.4) is 0 Å². The number of rotatable bonds is 8. The fraction of sp³-hybridized carbons (Fsp3) is 0.192. The van der Waals surface area contributed by atoms with Crippen molar-refractivity contribution in [3.63, 3.8) is 0 Å². The standard InChI is InChI=1S/C26H26N2O5/c1-17-10-11-18(2)25(19(17)3)32-16-24(29)28-27-15-20-12-13-22(23(14-20)31-4)33-26(30)21-8-6-5-7-9-21/h5-15H,16H2,1-4H3,(H,28,29)/b27-15+. The molecule has 0 aromatic heterocycles. The Balaban J connectivity index is 1.58. The molecule has 0 saturated carbocycles. The first kappa shape index (κ1) is 23.5. The van der Waals surface area contributed by atoms with Crippen molar-refractivity contribution in [2.45, 2.75) is 20.8 Å². The summed E-state index contributed by atoms with van der Waals surface area (Å²) in [5.74, 6) is 0.487. The summed E-state index contributed by atoms with van der Waals surface area (Å²) in [5.41, 5.74) is 6.60. The van der Waals surface area contributed by atoms with Gasteiger partial charge < -0.3 is 14.2 Å². The van der Waals surface area contributed by atoms with Crippen LogP contribution in [-0.2, 0) is 4.79 Å². The van der Waals surface area contributed by atoms with Crippen LogP contribution in [0.4, 0.5) is 0 Å². The Hall–Kier alpha value is -4.13. The maximum atomic E-state index is 12.3. The summed E-state index contributed by atoms with van der Waals surface area (Å²) in [6.45, 7) is 5.74. The summed E-state index contributed by atoms with van der Waals surface area (Å²) in [7, 11) is 1.48. The zero-order chi connectivity index (χ0) is 23.8. The van der Waals surface area contributed by atoms with Crippen molar-refractivity contribution in [1.29, 1.82) is 0 Å². The highest BCUT2D eigenvalue weighted by atomic mass is 16.6. The minimum absolute atomic E-state index is 0.153. The number of hydrazone groups is 1. The molecule has 0 aliphatic carbocycles. The molecule has 0 aliphatic heterocycles. The summed E-state index contributed by atoms with van der Waals surface area (Å²) in [6, 6.07) is 17.6. The van der Waals surface area contributed by atoms with Gasteiger partial charge in [0.05, 0.1) is 18.9 Å². The van der Waals surface area contributed by atoms with Crippen LogP contribution in [0.25, 0.3) is 0 Å². The first-order valence-electron chi connectivity index (χ1n) is 10.4. The Labute approximate surface area is 193 Å². The number of hydrogen-bond acceptors (Lipinski definition) is 6. The third-order valence-electron chi connectivity index (χ3n) is 5.02. The number of carbonyl (C=O) groups is 2. The van der Waals surface area contributed by atoms with E-state index >= 15 is 0 Å². The molecule has 3 rings (SSSR count). The van der Waals surface area contributed by atoms with Crippen molar-refractivity contribution in [2.75, 3.05) is 13.7 Å². The van der Waals surface area contributed by atoms with Gasteiger partial charge in [0.1, 0.15) is 5.75 Å². The topological polar surface area (TPSA) is 86.2 Å². The van der Waals surface area contributed by atoms with E-state index in [0.29, 0.717) is 22.6 Å². The summed E-state index contributed by atoms with van der Waals surface area (Å²) in [6.07, 6.45) is 1.46. The van der Waals surface area contributed by atoms with Crippen LogP contribution in [0.1, 0.15) is 32.6 Å². The van der Waals surface area contributed by atoms with Crippen molar-refractivity contribution < 1.29 is 23.8 Å². The summed E-state index contributed by atoms with van der Waals surface area (Å²) in [5, 5.41) is 3.96. The van der Waals surface area contributed by atoms with Gasteiger partial charge in [-0.2, -0.15) is 5.10 Å². The summed E-state index contributed by atoms with van der Waals surface area (Å²) in [4.78, 5) is 24.4. The van der Waals surface area contributed by atoms with Crippen LogP contribution >= 0.6 is 0 Å². The molecular formula is C26H26N2O5. The van der Waals surface area contributed by atoms with Crippen molar-refractivity contribution in [3.05, 3.63) is 88.5 Å². The van der Waals surface area contributed by atoms with E-state index in [1.165, 1.54) is 13.3 Å². The van der Waals surface area contributed by atoms with E-state index in [1.807, 2.05) is 39.0 Å². The molecule has 1 amide bonds. The fourth-order valence-corrected chi connectivity index (χ4v) is 3.08. The van der Waals surface area contributed by atoms with Gasteiger partial charge in [0, 0.05) is 0 Å². The Kier molecular flexibility index (Phi) is 7.81. The molecule has 7 nitrogen and oxygen atoms in total. The van der Waals surface area contributed by atoms with Gasteiger partial charge in [0.2, 0.25) is 0 Å². The van der Waals surface area contributed by atoms with E-state index in [1.54, 1.807) is 42.5 Å². The van der Waals surface area contributed by atoms with Crippen LogP contribution < -0.4 is 19.6 Å². The first-order valence-corrected chi connectivity index (χ1v) is 10.4. The molecule has 0 fully saturated rings. The number of esters is 1. The molecule has 0 bridgehead atoms. The van der Waals surface area contributed by atoms with E-state index in [0.717, 1.165) is 16.7 Å². The second kappa shape index (κ2) is 10.9. The molecule has 0 atom stereocenters. The maximum Gasteiger partial charge on any atom is 0.343 e. The van der Waals surface area contributed by atoms with Gasteiger partial charge in [-0.3, -0.25) is 4.79 Å². The average Bonchev–Trinajstić information content (AvgIpc) is 2.83. The van der Waals surface area contributed by atoms with Crippen LogP contribution in [0.15, 0.2) is 65.8 Å². The zero-order valence-corrected chi connectivity index (χ0v) is 19.0. The van der Waals surface area contributed by atoms with Crippen molar-refractivity contribution >= 4 is 18.1 Å². The number of aryl methyl sites for hydroxylation is 2. The minimum atomic E-state index is -0.485. The summed E-state index contributed by atoms with van der Waals surface area (Å²) >= 11 is 0. The number of ether oxygens (including phenoxy) is 3. The van der Waals surface area contributed by atoms with Gasteiger partial charge in [-0.05, 0) is 73.4 Å². The van der Waals surface area contributed by atoms with E-state index in [2.05, 4.69) is 10.5 Å². The third-order valence-corrected chi connectivity index (χ3v) is 5.02. The first-order chi connectivity index (χ1) is 15.9. The highest BCUT2D eigenvalue weighted by Crippen LogP contribution is 2.28. The molecule has 170 valence electrons. The lowest BCUT2D eigenvalue weighted by atomic mass is 10.1. The fourth-order valence-electron chi connectivity index (χ4n) is 3.08. The molecule has 0 unspecified atom stereocenters. The number of benzene rings is 3. The van der Waals surface area contributed by atoms with Gasteiger partial charge >= 0.3 is 5.97 Å². The quantitative estimate of drug-likeness (QED) is 0.240. The van der Waals surface area contributed by atoms with E-state index < -0.39 is 5.97 Å². The maximum absolute atomic E-state index is 12.3. The number of nitrogens with one attached hydrogen (secondary N) is 1. The van der Waals surface area contributed by atoms with E-state index in [9.17, 15) is 9.59 Å². The van der Waals surface area contributed by atoms with Gasteiger partial charge in [-0.15, -0.1) is 0 Å². The Bertz CT molecular complexity index is 1170. The molecule has 0 radical (unpaired) electrons. The summed E-state index contributed by atoms with van der Waals surface area (Å²) < 4.78 is 16.4. The lowest BCUT2D eigenvalue weighted by molar-refractivity contribution is -0.123. The molecule has 0 saturated heterocycles. The minimum Gasteiger partial charge on any atom is -0.493 e. The van der Waals surface area contributed by atoms with Crippen LogP contribution in [0, 0.1) is 20.8 Å². The molecule has 3 aromatic rings. The van der Waals surface area contributed by atoms with Gasteiger partial charge in [-0.1, -0.05) is 30.3 Å². The lowest BCUT2D eigenvalue weighted by Crippen LogP contribution is -2.25. The van der Waals surface area contributed by atoms with Crippen LogP contribution in [-0.4, -0.2) is 31.8 Å². The molecular weight excluding hydrogens is 420 g/mol. The Morgan fingerprint density at radius 3 is 2.39 bits per heavy atom. The van der Waals surface area contributed by atoms with Crippen LogP contribution in [0.2, 0.25) is 0 Å². The highest BCUT2D eigenvalue weighted by Gasteiger charge is 2.13. The van der Waals surface area contributed by atoms with E-state index in [-0.39, 0.29) is 18.3 Å². The van der Waals surface area contributed by atoms with Gasteiger partial charge in [0.25, 0.3) is 5.91 Å². The number of amides is 1. The van der Waals surface area contributed by atoms with Crippen molar-refractivity contribution in [3.8, 4) is 17.2 Å². The molecule has 1 N–H and O–H groups in total. The Morgan fingerprint density at radius 1 is 0.939 bits per heavy atom. The number of methoxy groups -OCH3 is 1. The molecule has 33 heavy (non-hydrogen) atoms. The molecule has 0 aliphatic rings. The second-order valence-electron chi connectivity index (χ2n) is 7.40. The zero-order valence-electron chi connectivity index (χ0n) is 19.0. The number of hydrogen-bond donors (Lipinski definition) is 1.